The Balaban J connectivity index is 5.14. The number of carboxylic acid groups (broad SMARTS) is 2. The van der Waals surface area contributed by atoms with Crippen LogP contribution in [0.1, 0.15) is 33.1 Å². The Morgan fingerprint density at radius 3 is 1.96 bits per heavy atom. The zero-order valence-corrected chi connectivity index (χ0v) is 14.0. The van der Waals surface area contributed by atoms with E-state index in [2.05, 4.69) is 10.6 Å². The van der Waals surface area contributed by atoms with Crippen LogP contribution >= 0.6 is 0 Å². The predicted octanol–water partition coefficient (Wildman–Crippen LogP) is -2.24. The van der Waals surface area contributed by atoms with Crippen LogP contribution in [0.15, 0.2) is 0 Å². The molecule has 0 rings (SSSR count). The minimum absolute atomic E-state index is 0.402. The Kier molecular flexibility index (Phi) is 9.13. The van der Waals surface area contributed by atoms with E-state index < -0.39 is 66.5 Å². The number of nitrogens with one attached hydrogen (secondary N) is 2. The fraction of sp³-hybridized carbons (Fsp3) is 0.643. The molecule has 0 aromatic heterocycles. The molecule has 0 fully saturated rings. The van der Waals surface area contributed by atoms with E-state index >= 15 is 0 Å². The van der Waals surface area contributed by atoms with E-state index in [1.54, 1.807) is 13.8 Å². The van der Waals surface area contributed by atoms with E-state index in [1.165, 1.54) is 0 Å². The standard InChI is InChI=1S/C14H24N4O7/c1-3-6(2)11(14(24)25)18-13(23)8(5-9(16)19)17-12(22)7(15)4-10(20)21/h6-8,11H,3-5,15H2,1-2H3,(H2,16,19)(H,17,22)(H,18,23)(H,20,21)(H,24,25). The first-order valence-corrected chi connectivity index (χ1v) is 7.58. The van der Waals surface area contributed by atoms with Gasteiger partial charge in [-0.1, -0.05) is 20.3 Å². The van der Waals surface area contributed by atoms with Gasteiger partial charge in [0, 0.05) is 0 Å². The minimum Gasteiger partial charge on any atom is -0.481 e. The molecule has 0 heterocycles. The van der Waals surface area contributed by atoms with Crippen molar-refractivity contribution in [3.63, 3.8) is 0 Å². The lowest BCUT2D eigenvalue weighted by Crippen LogP contribution is -2.56. The first-order valence-electron chi connectivity index (χ1n) is 7.58. The zero-order valence-electron chi connectivity index (χ0n) is 14.0. The second-order valence-corrected chi connectivity index (χ2v) is 5.65. The molecule has 4 atom stereocenters. The highest BCUT2D eigenvalue weighted by atomic mass is 16.4. The van der Waals surface area contributed by atoms with E-state index in [4.69, 9.17) is 16.6 Å². The summed E-state index contributed by atoms with van der Waals surface area (Å²) in [6.07, 6.45) is -0.806. The molecule has 0 aliphatic heterocycles. The number of carboxylic acids is 2. The van der Waals surface area contributed by atoms with Gasteiger partial charge in [0.2, 0.25) is 17.7 Å². The van der Waals surface area contributed by atoms with Gasteiger partial charge in [0.25, 0.3) is 0 Å². The highest BCUT2D eigenvalue weighted by Crippen LogP contribution is 2.08. The fourth-order valence-corrected chi connectivity index (χ4v) is 1.91. The van der Waals surface area contributed by atoms with E-state index in [1.807, 2.05) is 0 Å². The molecule has 0 aliphatic carbocycles. The number of primary amides is 1. The maximum atomic E-state index is 12.2. The largest absolute Gasteiger partial charge is 0.481 e. The van der Waals surface area contributed by atoms with E-state index in [-0.39, 0.29) is 0 Å². The number of carbonyl (C=O) groups excluding carboxylic acids is 3. The Labute approximate surface area is 144 Å². The van der Waals surface area contributed by atoms with Crippen molar-refractivity contribution in [2.45, 2.75) is 51.2 Å². The van der Waals surface area contributed by atoms with Gasteiger partial charge in [0.1, 0.15) is 12.1 Å². The topological polar surface area (TPSA) is 202 Å². The summed E-state index contributed by atoms with van der Waals surface area (Å²) in [5, 5.41) is 22.1. The van der Waals surface area contributed by atoms with Gasteiger partial charge in [0.05, 0.1) is 18.9 Å². The molecule has 11 heteroatoms. The van der Waals surface area contributed by atoms with Gasteiger partial charge in [0.15, 0.2) is 0 Å². The maximum Gasteiger partial charge on any atom is 0.326 e. The quantitative estimate of drug-likeness (QED) is 0.237. The lowest BCUT2D eigenvalue weighted by Gasteiger charge is -2.24. The number of nitrogens with two attached hydrogens (primary N) is 2. The van der Waals surface area contributed by atoms with Crippen LogP contribution in [0, 0.1) is 5.92 Å². The normalized spacial score (nSPS) is 15.3. The Morgan fingerprint density at radius 2 is 1.56 bits per heavy atom. The third-order valence-corrected chi connectivity index (χ3v) is 3.55. The van der Waals surface area contributed by atoms with Crippen LogP contribution in [0.25, 0.3) is 0 Å². The molecule has 0 aliphatic rings. The van der Waals surface area contributed by atoms with Gasteiger partial charge >= 0.3 is 11.9 Å². The molecule has 0 bridgehead atoms. The van der Waals surface area contributed by atoms with Crippen molar-refractivity contribution in [1.29, 1.82) is 0 Å². The smallest absolute Gasteiger partial charge is 0.326 e. The van der Waals surface area contributed by atoms with Crippen LogP contribution in [0.4, 0.5) is 0 Å². The summed E-state index contributed by atoms with van der Waals surface area (Å²) in [7, 11) is 0. The monoisotopic (exact) mass is 360 g/mol. The van der Waals surface area contributed by atoms with Crippen LogP contribution in [-0.4, -0.2) is 58.0 Å². The van der Waals surface area contributed by atoms with Crippen molar-refractivity contribution < 1.29 is 34.2 Å². The highest BCUT2D eigenvalue weighted by molar-refractivity contribution is 5.95. The van der Waals surface area contributed by atoms with Crippen molar-refractivity contribution >= 4 is 29.7 Å². The lowest BCUT2D eigenvalue weighted by molar-refractivity contribution is -0.144. The summed E-state index contributed by atoms with van der Waals surface area (Å²) in [5.41, 5.74) is 10.4. The molecule has 0 saturated carbocycles. The summed E-state index contributed by atoms with van der Waals surface area (Å²) in [4.78, 5) is 57.0. The second kappa shape index (κ2) is 10.2. The summed E-state index contributed by atoms with van der Waals surface area (Å²) in [6, 6.07) is -4.13. The van der Waals surface area contributed by atoms with Gasteiger partial charge in [-0.15, -0.1) is 0 Å². The lowest BCUT2D eigenvalue weighted by atomic mass is 9.98. The third kappa shape index (κ3) is 8.11. The highest BCUT2D eigenvalue weighted by Gasteiger charge is 2.31. The zero-order chi connectivity index (χ0) is 19.7. The SMILES string of the molecule is CCC(C)C(NC(=O)C(CC(N)=O)NC(=O)C(N)CC(=O)O)C(=O)O. The second-order valence-electron chi connectivity index (χ2n) is 5.65. The van der Waals surface area contributed by atoms with Gasteiger partial charge in [-0.05, 0) is 5.92 Å². The van der Waals surface area contributed by atoms with Crippen molar-refractivity contribution in [3.8, 4) is 0 Å². The number of aliphatic carboxylic acids is 2. The van der Waals surface area contributed by atoms with Crippen molar-refractivity contribution in [3.05, 3.63) is 0 Å². The number of carbonyl (C=O) groups is 5. The Morgan fingerprint density at radius 1 is 1.00 bits per heavy atom. The van der Waals surface area contributed by atoms with Gasteiger partial charge < -0.3 is 32.3 Å². The fourth-order valence-electron chi connectivity index (χ4n) is 1.91. The van der Waals surface area contributed by atoms with E-state index in [0.717, 1.165) is 0 Å². The number of hydrogen-bond acceptors (Lipinski definition) is 6. The van der Waals surface area contributed by atoms with E-state index in [9.17, 15) is 29.1 Å². The molecule has 11 nitrogen and oxygen atoms in total. The molecule has 0 aromatic carbocycles. The summed E-state index contributed by atoms with van der Waals surface area (Å²) in [5.74, 6) is -5.80. The average Bonchev–Trinajstić information content (AvgIpc) is 2.49. The van der Waals surface area contributed by atoms with Gasteiger partial charge in [-0.2, -0.15) is 0 Å². The molecule has 0 saturated heterocycles. The Bertz CT molecular complexity index is 537. The third-order valence-electron chi connectivity index (χ3n) is 3.55. The van der Waals surface area contributed by atoms with Crippen LogP contribution in [0.3, 0.4) is 0 Å². The van der Waals surface area contributed by atoms with Crippen LogP contribution < -0.4 is 22.1 Å². The van der Waals surface area contributed by atoms with Gasteiger partial charge in [-0.3, -0.25) is 19.2 Å². The van der Waals surface area contributed by atoms with Crippen LogP contribution in [-0.2, 0) is 24.0 Å². The number of rotatable bonds is 11. The molecule has 0 aromatic rings. The molecule has 3 amide bonds. The molecule has 25 heavy (non-hydrogen) atoms. The molecule has 0 spiro atoms. The maximum absolute atomic E-state index is 12.2. The van der Waals surface area contributed by atoms with Crippen molar-refractivity contribution in [2.75, 3.05) is 0 Å². The first kappa shape index (κ1) is 22.3. The molecular weight excluding hydrogens is 336 g/mol. The Hall–Kier alpha value is -2.69. The van der Waals surface area contributed by atoms with E-state index in [0.29, 0.717) is 6.42 Å². The number of hydrogen-bond donors (Lipinski definition) is 6. The van der Waals surface area contributed by atoms with Crippen molar-refractivity contribution in [2.24, 2.45) is 17.4 Å². The number of amides is 3. The van der Waals surface area contributed by atoms with Crippen LogP contribution in [0.5, 0.6) is 0 Å². The van der Waals surface area contributed by atoms with Crippen LogP contribution in [0.2, 0.25) is 0 Å². The summed E-state index contributed by atoms with van der Waals surface area (Å²) < 4.78 is 0. The van der Waals surface area contributed by atoms with Gasteiger partial charge in [-0.25, -0.2) is 4.79 Å². The molecular formula is C14H24N4O7. The average molecular weight is 360 g/mol. The molecule has 0 radical (unpaired) electrons. The minimum atomic E-state index is -1.46. The first-order chi connectivity index (χ1) is 11.5. The predicted molar refractivity (Wildman–Crippen MR) is 85.0 cm³/mol. The summed E-state index contributed by atoms with van der Waals surface area (Å²) >= 11 is 0. The summed E-state index contributed by atoms with van der Waals surface area (Å²) in [6.45, 7) is 3.35. The molecule has 142 valence electrons. The molecule has 8 N–H and O–H groups in total. The van der Waals surface area contributed by atoms with Crippen molar-refractivity contribution in [1.82, 2.24) is 10.6 Å². The molecule has 4 unspecified atom stereocenters.